The normalized spacial score (nSPS) is 11.9. The first-order valence-corrected chi connectivity index (χ1v) is 8.71. The van der Waals surface area contributed by atoms with E-state index in [2.05, 4.69) is 4.98 Å². The van der Waals surface area contributed by atoms with Gasteiger partial charge in [-0.05, 0) is 54.8 Å². The number of hydrogen-bond donors (Lipinski definition) is 0. The summed E-state index contributed by atoms with van der Waals surface area (Å²) in [6.45, 7) is 3.85. The molecule has 0 spiro atoms. The number of aryl methyl sites for hydroxylation is 2. The Bertz CT molecular complexity index is 986. The zero-order chi connectivity index (χ0) is 20.3. The van der Waals surface area contributed by atoms with Crippen LogP contribution in [0.2, 0.25) is 0 Å². The van der Waals surface area contributed by atoms with Crippen LogP contribution in [0, 0.1) is 13.8 Å². The summed E-state index contributed by atoms with van der Waals surface area (Å²) in [5.41, 5.74) is 2.86. The van der Waals surface area contributed by atoms with Gasteiger partial charge in [-0.3, -0.25) is 0 Å². The van der Waals surface area contributed by atoms with Crippen LogP contribution in [0.3, 0.4) is 0 Å². The average molecular weight is 387 g/mol. The minimum atomic E-state index is -4.34. The topological polar surface area (TPSA) is 35.3 Å². The predicted molar refractivity (Wildman–Crippen MR) is 102 cm³/mol. The summed E-state index contributed by atoms with van der Waals surface area (Å²) in [6, 6.07) is 10.9. The highest BCUT2D eigenvalue weighted by Crippen LogP contribution is 2.29. The number of hydrogen-bond acceptors (Lipinski definition) is 3. The van der Waals surface area contributed by atoms with Crippen molar-refractivity contribution in [2.45, 2.75) is 26.4 Å². The Labute approximate surface area is 161 Å². The number of ether oxygens (including phenoxy) is 1. The van der Waals surface area contributed by atoms with Gasteiger partial charge in [-0.1, -0.05) is 24.3 Å². The van der Waals surface area contributed by atoms with E-state index in [1.165, 1.54) is 12.1 Å². The van der Waals surface area contributed by atoms with Crippen molar-refractivity contribution in [3.05, 3.63) is 82.1 Å². The molecule has 0 N–H and O–H groups in total. The molecule has 0 fully saturated rings. The predicted octanol–water partition coefficient (Wildman–Crippen LogP) is 6.08. The molecule has 0 atom stereocenters. The molecule has 146 valence electrons. The first kappa shape index (κ1) is 19.7. The maximum absolute atomic E-state index is 12.6. The van der Waals surface area contributed by atoms with E-state index < -0.39 is 11.7 Å². The Kier molecular flexibility index (Phi) is 5.58. The second-order valence-corrected chi connectivity index (χ2v) is 6.49. The highest BCUT2D eigenvalue weighted by atomic mass is 19.4. The number of methoxy groups -OCH3 is 1. The number of benzene rings is 2. The van der Waals surface area contributed by atoms with Crippen molar-refractivity contribution in [2.75, 3.05) is 7.11 Å². The number of halogens is 3. The Morgan fingerprint density at radius 3 is 2.36 bits per heavy atom. The van der Waals surface area contributed by atoms with E-state index in [1.54, 1.807) is 19.3 Å². The van der Waals surface area contributed by atoms with Gasteiger partial charge in [-0.25, -0.2) is 4.98 Å². The first-order chi connectivity index (χ1) is 13.3. The van der Waals surface area contributed by atoms with Gasteiger partial charge in [0.2, 0.25) is 5.89 Å². The molecule has 0 saturated heterocycles. The van der Waals surface area contributed by atoms with Gasteiger partial charge in [0, 0.05) is 12.5 Å². The Hall–Kier alpha value is -3.02. The quantitative estimate of drug-likeness (QED) is 0.532. The standard InChI is InChI=1S/C22H20F3NO2/c1-14-12-17(6-10-19(14)27-3)13-20-15(2)26-21(28-20)11-7-16-4-8-18(9-5-16)22(23,24)25/h4-12H,13H2,1-3H3/b11-7+. The van der Waals surface area contributed by atoms with Crippen LogP contribution in [0.1, 0.15) is 39.6 Å². The lowest BCUT2D eigenvalue weighted by Gasteiger charge is -2.06. The number of nitrogens with zero attached hydrogens (tertiary/aromatic N) is 1. The molecule has 3 rings (SSSR count). The van der Waals surface area contributed by atoms with Crippen LogP contribution in [-0.2, 0) is 12.6 Å². The Morgan fingerprint density at radius 1 is 1.04 bits per heavy atom. The molecule has 0 unspecified atom stereocenters. The largest absolute Gasteiger partial charge is 0.496 e. The second-order valence-electron chi connectivity index (χ2n) is 6.49. The molecule has 2 aromatic carbocycles. The maximum atomic E-state index is 12.6. The van der Waals surface area contributed by atoms with E-state index in [1.807, 2.05) is 32.0 Å². The van der Waals surface area contributed by atoms with E-state index in [0.29, 0.717) is 17.9 Å². The van der Waals surface area contributed by atoms with Crippen molar-refractivity contribution in [3.63, 3.8) is 0 Å². The van der Waals surface area contributed by atoms with E-state index in [4.69, 9.17) is 9.15 Å². The molecule has 0 radical (unpaired) electrons. The summed E-state index contributed by atoms with van der Waals surface area (Å²) in [6.07, 6.45) is -0.417. The molecule has 0 aliphatic heterocycles. The fraction of sp³-hybridized carbons (Fsp3) is 0.227. The lowest BCUT2D eigenvalue weighted by molar-refractivity contribution is -0.137. The SMILES string of the molecule is COc1ccc(Cc2oc(/C=C/c3ccc(C(F)(F)F)cc3)nc2C)cc1C. The summed E-state index contributed by atoms with van der Waals surface area (Å²) in [5.74, 6) is 1.99. The number of aromatic nitrogens is 1. The minimum Gasteiger partial charge on any atom is -0.496 e. The van der Waals surface area contributed by atoms with Crippen molar-refractivity contribution < 1.29 is 22.3 Å². The maximum Gasteiger partial charge on any atom is 0.416 e. The van der Waals surface area contributed by atoms with Crippen molar-refractivity contribution in [1.29, 1.82) is 0 Å². The van der Waals surface area contributed by atoms with Crippen molar-refractivity contribution in [2.24, 2.45) is 0 Å². The monoisotopic (exact) mass is 387 g/mol. The zero-order valence-corrected chi connectivity index (χ0v) is 15.8. The van der Waals surface area contributed by atoms with Gasteiger partial charge in [0.1, 0.15) is 11.5 Å². The highest BCUT2D eigenvalue weighted by Gasteiger charge is 2.29. The van der Waals surface area contributed by atoms with Crippen LogP contribution in [0.15, 0.2) is 46.9 Å². The van der Waals surface area contributed by atoms with Gasteiger partial charge in [0.15, 0.2) is 0 Å². The second kappa shape index (κ2) is 7.92. The van der Waals surface area contributed by atoms with E-state index in [9.17, 15) is 13.2 Å². The lowest BCUT2D eigenvalue weighted by atomic mass is 10.1. The third-order valence-corrected chi connectivity index (χ3v) is 4.39. The first-order valence-electron chi connectivity index (χ1n) is 8.71. The molecule has 3 nitrogen and oxygen atoms in total. The number of rotatable bonds is 5. The fourth-order valence-electron chi connectivity index (χ4n) is 2.87. The molecule has 6 heteroatoms. The third-order valence-electron chi connectivity index (χ3n) is 4.39. The average Bonchev–Trinajstić information content (AvgIpc) is 2.99. The van der Waals surface area contributed by atoms with Crippen LogP contribution < -0.4 is 4.74 Å². The molecular weight excluding hydrogens is 367 g/mol. The summed E-state index contributed by atoms with van der Waals surface area (Å²) in [5, 5.41) is 0. The zero-order valence-electron chi connectivity index (χ0n) is 15.8. The van der Waals surface area contributed by atoms with Crippen molar-refractivity contribution in [1.82, 2.24) is 4.98 Å². The highest BCUT2D eigenvalue weighted by molar-refractivity contribution is 5.66. The van der Waals surface area contributed by atoms with Crippen LogP contribution >= 0.6 is 0 Å². The van der Waals surface area contributed by atoms with Gasteiger partial charge >= 0.3 is 6.18 Å². The molecule has 1 aromatic heterocycles. The third kappa shape index (κ3) is 4.63. The molecule has 3 aromatic rings. The van der Waals surface area contributed by atoms with Crippen LogP contribution in [0.25, 0.3) is 12.2 Å². The van der Waals surface area contributed by atoms with E-state index in [0.717, 1.165) is 40.5 Å². The van der Waals surface area contributed by atoms with Gasteiger partial charge in [0.05, 0.1) is 18.4 Å². The minimum absolute atomic E-state index is 0.414. The molecule has 0 bridgehead atoms. The molecule has 1 heterocycles. The molecule has 0 amide bonds. The summed E-state index contributed by atoms with van der Waals surface area (Å²) < 4.78 is 48.9. The molecule has 28 heavy (non-hydrogen) atoms. The summed E-state index contributed by atoms with van der Waals surface area (Å²) >= 11 is 0. The smallest absolute Gasteiger partial charge is 0.416 e. The van der Waals surface area contributed by atoms with Gasteiger partial charge in [0.25, 0.3) is 0 Å². The van der Waals surface area contributed by atoms with Crippen LogP contribution in [-0.4, -0.2) is 12.1 Å². The molecule has 0 saturated carbocycles. The molecular formula is C22H20F3NO2. The van der Waals surface area contributed by atoms with E-state index in [-0.39, 0.29) is 0 Å². The van der Waals surface area contributed by atoms with Gasteiger partial charge in [-0.15, -0.1) is 0 Å². The van der Waals surface area contributed by atoms with Crippen molar-refractivity contribution >= 4 is 12.2 Å². The van der Waals surface area contributed by atoms with E-state index >= 15 is 0 Å². The van der Waals surface area contributed by atoms with Crippen LogP contribution in [0.4, 0.5) is 13.2 Å². The van der Waals surface area contributed by atoms with Crippen molar-refractivity contribution in [3.8, 4) is 5.75 Å². The Morgan fingerprint density at radius 2 is 1.75 bits per heavy atom. The summed E-state index contributed by atoms with van der Waals surface area (Å²) in [7, 11) is 1.64. The van der Waals surface area contributed by atoms with Gasteiger partial charge in [-0.2, -0.15) is 13.2 Å². The number of oxazole rings is 1. The fourth-order valence-corrected chi connectivity index (χ4v) is 2.87. The van der Waals surface area contributed by atoms with Gasteiger partial charge < -0.3 is 9.15 Å². The molecule has 0 aliphatic rings. The lowest BCUT2D eigenvalue weighted by Crippen LogP contribution is -2.03. The molecule has 0 aliphatic carbocycles. The summed E-state index contributed by atoms with van der Waals surface area (Å²) in [4.78, 5) is 4.38. The Balaban J connectivity index is 1.73. The van der Waals surface area contributed by atoms with Crippen LogP contribution in [0.5, 0.6) is 5.75 Å². The number of alkyl halides is 3.